The second kappa shape index (κ2) is 8.22. The molecule has 0 N–H and O–H groups in total. The molecule has 0 radical (unpaired) electrons. The maximum Gasteiger partial charge on any atom is 0.143 e. The van der Waals surface area contributed by atoms with Gasteiger partial charge < -0.3 is 9.30 Å². The van der Waals surface area contributed by atoms with Gasteiger partial charge in [-0.3, -0.25) is 0 Å². The van der Waals surface area contributed by atoms with Crippen molar-refractivity contribution in [3.05, 3.63) is 140 Å². The van der Waals surface area contributed by atoms with Crippen molar-refractivity contribution in [2.75, 3.05) is 0 Å². The molecule has 2 nitrogen and oxygen atoms in total. The predicted molar refractivity (Wildman–Crippen MR) is 157 cm³/mol. The van der Waals surface area contributed by atoms with E-state index in [1.54, 1.807) is 0 Å². The van der Waals surface area contributed by atoms with Crippen molar-refractivity contribution in [1.29, 1.82) is 0 Å². The zero-order valence-corrected chi connectivity index (χ0v) is 20.6. The average molecular weight is 486 g/mol. The summed E-state index contributed by atoms with van der Waals surface area (Å²) in [4.78, 5) is 0. The van der Waals surface area contributed by atoms with Gasteiger partial charge >= 0.3 is 0 Å². The number of hydrogen-bond acceptors (Lipinski definition) is 1. The molecule has 38 heavy (non-hydrogen) atoms. The first-order valence-electron chi connectivity index (χ1n) is 13.0. The monoisotopic (exact) mass is 485 g/mol. The highest BCUT2D eigenvalue weighted by molar-refractivity contribution is 6.10. The second-order valence-electron chi connectivity index (χ2n) is 9.75. The number of nitrogens with zero attached hydrogens (tertiary/aromatic N) is 1. The van der Waals surface area contributed by atoms with Gasteiger partial charge in [-0.25, -0.2) is 0 Å². The smallest absolute Gasteiger partial charge is 0.143 e. The topological polar surface area (TPSA) is 14.2 Å². The first kappa shape index (κ1) is 21.0. The molecule has 0 fully saturated rings. The number of rotatable bonds is 2. The minimum Gasteiger partial charge on any atom is -0.455 e. The molecule has 0 aliphatic carbocycles. The second-order valence-corrected chi connectivity index (χ2v) is 9.75. The molecule has 0 saturated heterocycles. The molecule has 7 aromatic rings. The summed E-state index contributed by atoms with van der Waals surface area (Å²) >= 11 is 0. The number of hydrogen-bond donors (Lipinski definition) is 0. The third-order valence-electron chi connectivity index (χ3n) is 7.62. The lowest BCUT2D eigenvalue weighted by atomic mass is 9.92. The third-order valence-corrected chi connectivity index (χ3v) is 7.62. The summed E-state index contributed by atoms with van der Waals surface area (Å²) in [7, 11) is 0. The molecule has 0 unspecified atom stereocenters. The van der Waals surface area contributed by atoms with Crippen LogP contribution in [0.4, 0.5) is 0 Å². The summed E-state index contributed by atoms with van der Waals surface area (Å²) < 4.78 is 9.09. The number of para-hydroxylation sites is 4. The number of aromatic nitrogens is 1. The van der Waals surface area contributed by atoms with Crippen molar-refractivity contribution in [2.45, 2.75) is 0 Å². The van der Waals surface area contributed by atoms with Crippen LogP contribution in [0.1, 0.15) is 0 Å². The number of ether oxygens (including phenoxy) is 1. The Morgan fingerprint density at radius 2 is 1.05 bits per heavy atom. The Hall–Kier alpha value is -5.08. The Kier molecular flexibility index (Phi) is 4.55. The summed E-state index contributed by atoms with van der Waals surface area (Å²) in [6.45, 7) is 0. The van der Waals surface area contributed by atoms with Gasteiger partial charge in [-0.05, 0) is 53.1 Å². The van der Waals surface area contributed by atoms with Gasteiger partial charge in [0.15, 0.2) is 0 Å². The fourth-order valence-electron chi connectivity index (χ4n) is 5.92. The van der Waals surface area contributed by atoms with Crippen LogP contribution in [0.5, 0.6) is 11.5 Å². The van der Waals surface area contributed by atoms with Gasteiger partial charge in [0.2, 0.25) is 0 Å². The highest BCUT2D eigenvalue weighted by Crippen LogP contribution is 2.50. The van der Waals surface area contributed by atoms with E-state index in [4.69, 9.17) is 4.74 Å². The van der Waals surface area contributed by atoms with E-state index < -0.39 is 0 Å². The fraction of sp³-hybridized carbons (Fsp3) is 0. The molecule has 0 saturated carbocycles. The molecule has 1 aliphatic rings. The van der Waals surface area contributed by atoms with Crippen LogP contribution in [0.3, 0.4) is 0 Å². The maximum absolute atomic E-state index is 6.74. The van der Waals surface area contributed by atoms with Crippen LogP contribution in [-0.2, 0) is 0 Å². The van der Waals surface area contributed by atoms with Gasteiger partial charge in [-0.15, -0.1) is 0 Å². The van der Waals surface area contributed by atoms with Crippen LogP contribution in [-0.4, -0.2) is 4.57 Å². The van der Waals surface area contributed by atoms with E-state index >= 15 is 0 Å². The normalized spacial score (nSPS) is 11.9. The minimum absolute atomic E-state index is 0.882. The summed E-state index contributed by atoms with van der Waals surface area (Å²) in [6, 6.07) is 49.4. The van der Waals surface area contributed by atoms with E-state index in [1.165, 1.54) is 32.9 Å². The van der Waals surface area contributed by atoms with Gasteiger partial charge in [0.25, 0.3) is 0 Å². The van der Waals surface area contributed by atoms with E-state index in [9.17, 15) is 0 Å². The lowest BCUT2D eigenvalue weighted by Gasteiger charge is -2.15. The molecule has 6 aromatic carbocycles. The van der Waals surface area contributed by atoms with Gasteiger partial charge in [0, 0.05) is 33.2 Å². The zero-order valence-electron chi connectivity index (χ0n) is 20.6. The Labute approximate surface area is 221 Å². The standard InChI is InChI=1S/C36H23NO/c1-2-11-25(12-3-1)37-33-19-8-6-15-29(33)32-23-24(21-22-34(32)37)26-17-10-18-31-28-14-5-4-13-27(28)30-16-7-9-20-35(30)38-36(26)31/h1-23H. The predicted octanol–water partition coefficient (Wildman–Crippen LogP) is 9.89. The Morgan fingerprint density at radius 1 is 0.421 bits per heavy atom. The maximum atomic E-state index is 6.74. The molecule has 8 rings (SSSR count). The molecule has 2 heterocycles. The molecule has 1 aliphatic heterocycles. The van der Waals surface area contributed by atoms with Crippen LogP contribution in [0.25, 0.3) is 60.9 Å². The quantitative estimate of drug-likeness (QED) is 0.238. The van der Waals surface area contributed by atoms with Gasteiger partial charge in [-0.2, -0.15) is 0 Å². The van der Waals surface area contributed by atoms with E-state index in [0.717, 1.165) is 39.4 Å². The van der Waals surface area contributed by atoms with E-state index in [1.807, 2.05) is 6.07 Å². The lowest BCUT2D eigenvalue weighted by Crippen LogP contribution is -1.93. The molecule has 0 bridgehead atoms. The van der Waals surface area contributed by atoms with E-state index in [0.29, 0.717) is 0 Å². The minimum atomic E-state index is 0.882. The van der Waals surface area contributed by atoms with Crippen LogP contribution in [0, 0.1) is 0 Å². The molecule has 0 spiro atoms. The van der Waals surface area contributed by atoms with Crippen LogP contribution in [0.2, 0.25) is 0 Å². The number of fused-ring (bicyclic) bond motifs is 8. The van der Waals surface area contributed by atoms with Crippen molar-refractivity contribution in [3.8, 4) is 50.6 Å². The Morgan fingerprint density at radius 3 is 1.92 bits per heavy atom. The van der Waals surface area contributed by atoms with Gasteiger partial charge in [0.1, 0.15) is 11.5 Å². The van der Waals surface area contributed by atoms with Crippen LogP contribution in [0.15, 0.2) is 140 Å². The van der Waals surface area contributed by atoms with Crippen LogP contribution >= 0.6 is 0 Å². The first-order valence-corrected chi connectivity index (χ1v) is 13.0. The average Bonchev–Trinajstić information content (AvgIpc) is 3.23. The molecule has 0 atom stereocenters. The van der Waals surface area contributed by atoms with E-state index in [2.05, 4.69) is 138 Å². The number of benzene rings is 6. The summed E-state index contributed by atoms with van der Waals surface area (Å²) in [6.07, 6.45) is 0. The Bertz CT molecular complexity index is 2000. The summed E-state index contributed by atoms with van der Waals surface area (Å²) in [5.41, 5.74) is 10.4. The van der Waals surface area contributed by atoms with Crippen molar-refractivity contribution in [3.63, 3.8) is 0 Å². The largest absolute Gasteiger partial charge is 0.455 e. The zero-order chi connectivity index (χ0) is 25.1. The Balaban J connectivity index is 1.39. The molecular formula is C36H23NO. The molecule has 1 aromatic heterocycles. The molecular weight excluding hydrogens is 462 g/mol. The van der Waals surface area contributed by atoms with E-state index in [-0.39, 0.29) is 0 Å². The van der Waals surface area contributed by atoms with Crippen molar-refractivity contribution >= 4 is 21.8 Å². The van der Waals surface area contributed by atoms with Gasteiger partial charge in [0.05, 0.1) is 11.0 Å². The first-order chi connectivity index (χ1) is 18.9. The van der Waals surface area contributed by atoms with Gasteiger partial charge in [-0.1, -0.05) is 103 Å². The van der Waals surface area contributed by atoms with Crippen molar-refractivity contribution in [1.82, 2.24) is 4.57 Å². The molecule has 0 amide bonds. The highest BCUT2D eigenvalue weighted by atomic mass is 16.5. The highest BCUT2D eigenvalue weighted by Gasteiger charge is 2.23. The summed E-state index contributed by atoms with van der Waals surface area (Å²) in [5.74, 6) is 1.78. The third kappa shape index (κ3) is 3.07. The van der Waals surface area contributed by atoms with Crippen LogP contribution < -0.4 is 4.74 Å². The molecule has 178 valence electrons. The lowest BCUT2D eigenvalue weighted by molar-refractivity contribution is 0.489. The van der Waals surface area contributed by atoms with Crippen molar-refractivity contribution in [2.24, 2.45) is 0 Å². The SMILES string of the molecule is c1ccc(-n2c3ccccc3c3cc(-c4cccc5c4Oc4ccccc4-c4ccccc4-5)ccc32)cc1. The molecule has 2 heteroatoms. The van der Waals surface area contributed by atoms with Crippen molar-refractivity contribution < 1.29 is 4.74 Å². The fourth-order valence-corrected chi connectivity index (χ4v) is 5.92. The summed E-state index contributed by atoms with van der Waals surface area (Å²) in [5, 5.41) is 2.47.